The Labute approximate surface area is 171 Å². The maximum Gasteiger partial charge on any atom is 0.269 e. The third kappa shape index (κ3) is 4.09. The zero-order chi connectivity index (χ0) is 20.4. The first kappa shape index (κ1) is 19.0. The number of carbonyl (C=O) groups excluding carboxylic acids is 1. The van der Waals surface area contributed by atoms with E-state index in [1.165, 1.54) is 27.7 Å². The van der Waals surface area contributed by atoms with Crippen molar-refractivity contribution < 1.29 is 4.79 Å². The van der Waals surface area contributed by atoms with Crippen LogP contribution in [0.15, 0.2) is 64.9 Å². The van der Waals surface area contributed by atoms with E-state index in [2.05, 4.69) is 41.3 Å². The van der Waals surface area contributed by atoms with Crippen LogP contribution in [-0.2, 0) is 11.3 Å². The number of carbonyl (C=O) groups is 1. The van der Waals surface area contributed by atoms with Crippen LogP contribution >= 0.6 is 11.3 Å². The maximum atomic E-state index is 12.5. The van der Waals surface area contributed by atoms with Crippen LogP contribution in [0.5, 0.6) is 0 Å². The molecule has 2 aromatic heterocycles. The summed E-state index contributed by atoms with van der Waals surface area (Å²) in [5.74, 6) is 0.168. The molecule has 6 nitrogen and oxygen atoms in total. The number of benzene rings is 2. The first-order chi connectivity index (χ1) is 14.0. The molecular formula is C22H20N4O2S. The highest BCUT2D eigenvalue weighted by Gasteiger charge is 2.12. The number of amides is 1. The molecule has 4 rings (SSSR count). The number of fused-ring (bicyclic) bond motifs is 1. The van der Waals surface area contributed by atoms with Crippen LogP contribution in [0.1, 0.15) is 25.3 Å². The van der Waals surface area contributed by atoms with Gasteiger partial charge < -0.3 is 5.32 Å². The molecule has 4 aromatic rings. The van der Waals surface area contributed by atoms with E-state index in [0.29, 0.717) is 22.1 Å². The first-order valence-electron chi connectivity index (χ1n) is 9.31. The molecule has 0 spiro atoms. The van der Waals surface area contributed by atoms with Gasteiger partial charge in [-0.2, -0.15) is 0 Å². The fourth-order valence-corrected chi connectivity index (χ4v) is 3.82. The summed E-state index contributed by atoms with van der Waals surface area (Å²) >= 11 is 1.36. The lowest BCUT2D eigenvalue weighted by Gasteiger charge is -2.08. The topological polar surface area (TPSA) is 76.9 Å². The summed E-state index contributed by atoms with van der Waals surface area (Å²) in [6.07, 6.45) is 1.23. The molecule has 0 fully saturated rings. The first-order valence-corrected chi connectivity index (χ1v) is 10.2. The Morgan fingerprint density at radius 2 is 1.90 bits per heavy atom. The van der Waals surface area contributed by atoms with Gasteiger partial charge in [0.2, 0.25) is 5.91 Å². The van der Waals surface area contributed by atoms with Gasteiger partial charge in [0.25, 0.3) is 5.56 Å². The molecule has 0 bridgehead atoms. The summed E-state index contributed by atoms with van der Waals surface area (Å²) < 4.78 is 1.41. The number of nitrogens with zero attached hydrogens (tertiary/aromatic N) is 3. The fourth-order valence-electron chi connectivity index (χ4n) is 3.08. The average molecular weight is 404 g/mol. The lowest BCUT2D eigenvalue weighted by molar-refractivity contribution is -0.116. The molecule has 0 aliphatic carbocycles. The SMILES string of the molecule is CC(C)c1ccc(-c2csc(NC(=O)Cn3c(=O)cnc4ccccc43)n2)cc1. The Hall–Kier alpha value is -3.32. The summed E-state index contributed by atoms with van der Waals surface area (Å²) in [5.41, 5.74) is 4.06. The third-order valence-corrected chi connectivity index (χ3v) is 5.44. The van der Waals surface area contributed by atoms with Gasteiger partial charge in [0.15, 0.2) is 5.13 Å². The van der Waals surface area contributed by atoms with E-state index in [1.54, 1.807) is 12.1 Å². The second-order valence-electron chi connectivity index (χ2n) is 7.03. The summed E-state index contributed by atoms with van der Waals surface area (Å²) in [5, 5.41) is 5.21. The van der Waals surface area contributed by atoms with Crippen LogP contribution in [0, 0.1) is 0 Å². The molecule has 2 heterocycles. The minimum absolute atomic E-state index is 0.0974. The van der Waals surface area contributed by atoms with Crippen LogP contribution in [0.25, 0.3) is 22.3 Å². The predicted octanol–water partition coefficient (Wildman–Crippen LogP) is 4.28. The second-order valence-corrected chi connectivity index (χ2v) is 7.89. The third-order valence-electron chi connectivity index (χ3n) is 4.68. The highest BCUT2D eigenvalue weighted by Crippen LogP contribution is 2.26. The van der Waals surface area contributed by atoms with Gasteiger partial charge in [0.1, 0.15) is 6.54 Å². The van der Waals surface area contributed by atoms with Gasteiger partial charge in [-0.15, -0.1) is 11.3 Å². The molecular weight excluding hydrogens is 384 g/mol. The second kappa shape index (κ2) is 7.97. The van der Waals surface area contributed by atoms with E-state index in [-0.39, 0.29) is 18.0 Å². The van der Waals surface area contributed by atoms with Gasteiger partial charge in [-0.1, -0.05) is 50.2 Å². The number of nitrogens with one attached hydrogen (secondary N) is 1. The van der Waals surface area contributed by atoms with E-state index in [9.17, 15) is 9.59 Å². The number of thiazole rings is 1. The lowest BCUT2D eigenvalue weighted by Crippen LogP contribution is -2.27. The van der Waals surface area contributed by atoms with Crippen molar-refractivity contribution >= 4 is 33.4 Å². The van der Waals surface area contributed by atoms with Crippen molar-refractivity contribution in [2.24, 2.45) is 0 Å². The summed E-state index contributed by atoms with van der Waals surface area (Å²) in [7, 11) is 0. The molecule has 0 unspecified atom stereocenters. The van der Waals surface area contributed by atoms with Crippen molar-refractivity contribution in [3.05, 3.63) is 76.0 Å². The van der Waals surface area contributed by atoms with E-state index in [4.69, 9.17) is 0 Å². The van der Waals surface area contributed by atoms with Crippen molar-refractivity contribution in [1.29, 1.82) is 0 Å². The number of rotatable bonds is 5. The zero-order valence-electron chi connectivity index (χ0n) is 16.1. The Kier molecular flexibility index (Phi) is 5.22. The molecule has 0 radical (unpaired) electrons. The monoisotopic (exact) mass is 404 g/mol. The Morgan fingerprint density at radius 1 is 1.14 bits per heavy atom. The Bertz CT molecular complexity index is 1230. The van der Waals surface area contributed by atoms with Crippen molar-refractivity contribution in [3.63, 3.8) is 0 Å². The fraction of sp³-hybridized carbons (Fsp3) is 0.182. The summed E-state index contributed by atoms with van der Waals surface area (Å²) in [6.45, 7) is 4.21. The van der Waals surface area contributed by atoms with Gasteiger partial charge >= 0.3 is 0 Å². The molecule has 0 aliphatic rings. The zero-order valence-corrected chi connectivity index (χ0v) is 16.9. The quantitative estimate of drug-likeness (QED) is 0.539. The minimum Gasteiger partial charge on any atom is -0.300 e. The number of anilines is 1. The van der Waals surface area contributed by atoms with E-state index >= 15 is 0 Å². The molecule has 146 valence electrons. The number of hydrogen-bond donors (Lipinski definition) is 1. The molecule has 0 saturated carbocycles. The molecule has 2 aromatic carbocycles. The van der Waals surface area contributed by atoms with Gasteiger partial charge in [0.05, 0.1) is 22.9 Å². The number of hydrogen-bond acceptors (Lipinski definition) is 5. The van der Waals surface area contributed by atoms with E-state index in [1.807, 2.05) is 29.6 Å². The molecule has 7 heteroatoms. The maximum absolute atomic E-state index is 12.5. The van der Waals surface area contributed by atoms with Crippen molar-refractivity contribution in [3.8, 4) is 11.3 Å². The normalized spacial score (nSPS) is 11.1. The van der Waals surface area contributed by atoms with Crippen molar-refractivity contribution in [2.45, 2.75) is 26.3 Å². The summed E-state index contributed by atoms with van der Waals surface area (Å²) in [4.78, 5) is 33.3. The van der Waals surface area contributed by atoms with E-state index in [0.717, 1.165) is 11.3 Å². The van der Waals surface area contributed by atoms with Crippen molar-refractivity contribution in [1.82, 2.24) is 14.5 Å². The standard InChI is InChI=1S/C22H20N4O2S/c1-14(2)15-7-9-16(10-8-15)18-13-29-22(24-18)25-20(27)12-26-19-6-4-3-5-17(19)23-11-21(26)28/h3-11,13-14H,12H2,1-2H3,(H,24,25,27). The van der Waals surface area contributed by atoms with Gasteiger partial charge in [-0.05, 0) is 23.6 Å². The number of para-hydroxylation sites is 2. The van der Waals surface area contributed by atoms with Crippen LogP contribution in [0.2, 0.25) is 0 Å². The Morgan fingerprint density at radius 3 is 2.66 bits per heavy atom. The smallest absolute Gasteiger partial charge is 0.269 e. The van der Waals surface area contributed by atoms with Gasteiger partial charge in [-0.25, -0.2) is 9.97 Å². The molecule has 0 atom stereocenters. The van der Waals surface area contributed by atoms with Crippen molar-refractivity contribution in [2.75, 3.05) is 5.32 Å². The Balaban J connectivity index is 1.50. The van der Waals surface area contributed by atoms with Crippen LogP contribution in [0.4, 0.5) is 5.13 Å². The largest absolute Gasteiger partial charge is 0.300 e. The molecule has 1 N–H and O–H groups in total. The van der Waals surface area contributed by atoms with E-state index < -0.39 is 0 Å². The molecule has 29 heavy (non-hydrogen) atoms. The molecule has 1 amide bonds. The van der Waals surface area contributed by atoms with Crippen LogP contribution < -0.4 is 10.9 Å². The average Bonchev–Trinajstić information content (AvgIpc) is 3.18. The van der Waals surface area contributed by atoms with Crippen LogP contribution in [-0.4, -0.2) is 20.4 Å². The van der Waals surface area contributed by atoms with Gasteiger partial charge in [-0.3, -0.25) is 14.2 Å². The summed E-state index contributed by atoms with van der Waals surface area (Å²) in [6, 6.07) is 15.5. The lowest BCUT2D eigenvalue weighted by atomic mass is 10.0. The van der Waals surface area contributed by atoms with Gasteiger partial charge in [0, 0.05) is 10.9 Å². The highest BCUT2D eigenvalue weighted by atomic mass is 32.1. The molecule has 0 saturated heterocycles. The molecule has 0 aliphatic heterocycles. The highest BCUT2D eigenvalue weighted by molar-refractivity contribution is 7.14. The minimum atomic E-state index is -0.316. The number of aromatic nitrogens is 3. The van der Waals surface area contributed by atoms with Crippen LogP contribution in [0.3, 0.4) is 0 Å². The predicted molar refractivity (Wildman–Crippen MR) is 116 cm³/mol.